The number of aromatic nitrogens is 5. The van der Waals surface area contributed by atoms with E-state index >= 15 is 0 Å². The van der Waals surface area contributed by atoms with Gasteiger partial charge in [-0.25, -0.2) is 19.5 Å². The molecule has 2 aliphatic rings. The molecular formula is C27H26F2N6O3. The molecule has 0 amide bonds. The average molecular weight is 521 g/mol. The molecule has 2 bridgehead atoms. The highest BCUT2D eigenvalue weighted by atomic mass is 19.3. The number of alkyl halides is 2. The van der Waals surface area contributed by atoms with Crippen molar-refractivity contribution in [3.8, 4) is 17.0 Å². The van der Waals surface area contributed by atoms with Gasteiger partial charge in [-0.05, 0) is 49.8 Å². The van der Waals surface area contributed by atoms with Gasteiger partial charge in [-0.3, -0.25) is 4.79 Å². The van der Waals surface area contributed by atoms with Crippen molar-refractivity contribution in [2.75, 3.05) is 18.0 Å². The Balaban J connectivity index is 1.26. The largest absolute Gasteiger partial charge is 0.481 e. The minimum atomic E-state index is -2.91. The molecule has 1 saturated carbocycles. The van der Waals surface area contributed by atoms with E-state index in [0.29, 0.717) is 42.4 Å². The fourth-order valence-electron chi connectivity index (χ4n) is 5.89. The number of ether oxygens (including phenoxy) is 1. The zero-order chi connectivity index (χ0) is 26.4. The summed E-state index contributed by atoms with van der Waals surface area (Å²) < 4.78 is 32.2. The van der Waals surface area contributed by atoms with Gasteiger partial charge in [0.2, 0.25) is 5.95 Å². The highest BCUT2D eigenvalue weighted by molar-refractivity contribution is 5.72. The number of fused-ring (bicyclic) bond motifs is 3. The standard InChI is InChI=1S/C27H26F2N6O3/c1-15-21(10-16-4-2-3-5-22(16)38-26(28)29)35-23(32-15)9-8-20(33-35)19-11-30-27(31-12-19)34-13-17-6-7-18(14-34)24(17)25(36)37/h2-5,8-9,11-12,17-18,24,26H,6-7,10,13-14H2,1H3,(H,36,37)/t17-,18+,24?. The maximum Gasteiger partial charge on any atom is 0.387 e. The van der Waals surface area contributed by atoms with Crippen LogP contribution in [0.1, 0.15) is 29.8 Å². The smallest absolute Gasteiger partial charge is 0.387 e. The number of hydrogen-bond acceptors (Lipinski definition) is 7. The number of aliphatic carboxylic acids is 1. The topological polar surface area (TPSA) is 106 Å². The maximum absolute atomic E-state index is 12.9. The summed E-state index contributed by atoms with van der Waals surface area (Å²) in [4.78, 5) is 27.5. The highest BCUT2D eigenvalue weighted by Gasteiger charge is 2.46. The SMILES string of the molecule is Cc1nc2ccc(-c3cnc(N4C[C@H]5CC[C@@H](C4)C5C(=O)O)nc3)nn2c1Cc1ccccc1OC(F)F. The Morgan fingerprint density at radius 3 is 2.50 bits per heavy atom. The molecule has 2 fully saturated rings. The summed E-state index contributed by atoms with van der Waals surface area (Å²) in [5, 5.41) is 14.3. The van der Waals surface area contributed by atoms with E-state index in [4.69, 9.17) is 9.84 Å². The summed E-state index contributed by atoms with van der Waals surface area (Å²) in [6.45, 7) is 0.237. The Bertz CT molecular complexity index is 1480. The van der Waals surface area contributed by atoms with Gasteiger partial charge in [0.1, 0.15) is 5.75 Å². The van der Waals surface area contributed by atoms with Gasteiger partial charge in [-0.15, -0.1) is 0 Å². The third-order valence-electron chi connectivity index (χ3n) is 7.65. The minimum absolute atomic E-state index is 0.123. The Morgan fingerprint density at radius 2 is 1.82 bits per heavy atom. The number of para-hydroxylation sites is 1. The lowest BCUT2D eigenvalue weighted by Crippen LogP contribution is -2.45. The molecule has 0 radical (unpaired) electrons. The first-order valence-corrected chi connectivity index (χ1v) is 12.6. The molecule has 1 aliphatic carbocycles. The molecule has 4 heterocycles. The number of halogens is 2. The van der Waals surface area contributed by atoms with Gasteiger partial charge in [-0.1, -0.05) is 18.2 Å². The molecule has 38 heavy (non-hydrogen) atoms. The predicted octanol–water partition coefficient (Wildman–Crippen LogP) is 4.23. The van der Waals surface area contributed by atoms with Crippen LogP contribution in [-0.4, -0.2) is 55.3 Å². The van der Waals surface area contributed by atoms with E-state index in [1.807, 2.05) is 19.1 Å². The van der Waals surface area contributed by atoms with Gasteiger partial charge in [0, 0.05) is 43.0 Å². The van der Waals surface area contributed by atoms with Crippen LogP contribution in [-0.2, 0) is 11.2 Å². The second-order valence-electron chi connectivity index (χ2n) is 9.93. The summed E-state index contributed by atoms with van der Waals surface area (Å²) in [5.41, 5.74) is 4.12. The van der Waals surface area contributed by atoms with Crippen molar-refractivity contribution in [2.45, 2.75) is 32.8 Å². The third kappa shape index (κ3) is 4.42. The van der Waals surface area contributed by atoms with Crippen molar-refractivity contribution in [2.24, 2.45) is 17.8 Å². The Hall–Kier alpha value is -4.15. The van der Waals surface area contributed by atoms with Crippen LogP contribution in [0.3, 0.4) is 0 Å². The van der Waals surface area contributed by atoms with E-state index in [1.54, 1.807) is 35.1 Å². The number of nitrogens with zero attached hydrogens (tertiary/aromatic N) is 6. The van der Waals surface area contributed by atoms with Gasteiger partial charge in [0.05, 0.1) is 23.0 Å². The highest BCUT2D eigenvalue weighted by Crippen LogP contribution is 2.42. The van der Waals surface area contributed by atoms with Crippen LogP contribution in [0, 0.1) is 24.7 Å². The Labute approximate surface area is 217 Å². The number of piperidine rings is 1. The number of imidazole rings is 1. The Morgan fingerprint density at radius 1 is 1.11 bits per heavy atom. The molecule has 6 rings (SSSR count). The van der Waals surface area contributed by atoms with Crippen LogP contribution >= 0.6 is 0 Å². The summed E-state index contributed by atoms with van der Waals surface area (Å²) in [5.74, 6) is -0.0177. The summed E-state index contributed by atoms with van der Waals surface area (Å²) >= 11 is 0. The predicted molar refractivity (Wildman–Crippen MR) is 134 cm³/mol. The number of carboxylic acid groups (broad SMARTS) is 1. The first kappa shape index (κ1) is 24.2. The number of aryl methyl sites for hydroxylation is 1. The first-order valence-electron chi connectivity index (χ1n) is 12.6. The van der Waals surface area contributed by atoms with Crippen LogP contribution in [0.4, 0.5) is 14.7 Å². The monoisotopic (exact) mass is 520 g/mol. The number of hydrogen-bond donors (Lipinski definition) is 1. The molecular weight excluding hydrogens is 494 g/mol. The number of carboxylic acids is 1. The molecule has 1 N–H and O–H groups in total. The lowest BCUT2D eigenvalue weighted by Gasteiger charge is -2.35. The zero-order valence-electron chi connectivity index (χ0n) is 20.7. The molecule has 3 aromatic heterocycles. The minimum Gasteiger partial charge on any atom is -0.481 e. The molecule has 3 atom stereocenters. The normalized spacial score (nSPS) is 20.8. The second-order valence-corrected chi connectivity index (χ2v) is 9.93. The van der Waals surface area contributed by atoms with Crippen molar-refractivity contribution in [3.63, 3.8) is 0 Å². The fourth-order valence-corrected chi connectivity index (χ4v) is 5.89. The number of rotatable bonds is 7. The molecule has 1 unspecified atom stereocenters. The molecule has 196 valence electrons. The van der Waals surface area contributed by atoms with Crippen molar-refractivity contribution in [3.05, 3.63) is 65.7 Å². The van der Waals surface area contributed by atoms with Crippen LogP contribution in [0.2, 0.25) is 0 Å². The van der Waals surface area contributed by atoms with Crippen LogP contribution < -0.4 is 9.64 Å². The fraction of sp³-hybridized carbons (Fsp3) is 0.370. The third-order valence-corrected chi connectivity index (χ3v) is 7.65. The number of benzene rings is 1. The van der Waals surface area contributed by atoms with Gasteiger partial charge < -0.3 is 14.7 Å². The van der Waals surface area contributed by atoms with Crippen molar-refractivity contribution < 1.29 is 23.4 Å². The van der Waals surface area contributed by atoms with E-state index in [0.717, 1.165) is 29.8 Å². The second kappa shape index (κ2) is 9.62. The van der Waals surface area contributed by atoms with Crippen LogP contribution in [0.25, 0.3) is 16.9 Å². The van der Waals surface area contributed by atoms with Gasteiger partial charge in [0.15, 0.2) is 5.65 Å². The summed E-state index contributed by atoms with van der Waals surface area (Å²) in [6, 6.07) is 10.4. The zero-order valence-corrected chi connectivity index (χ0v) is 20.7. The van der Waals surface area contributed by atoms with Gasteiger partial charge >= 0.3 is 12.6 Å². The quantitative estimate of drug-likeness (QED) is 0.386. The molecule has 11 heteroatoms. The summed E-state index contributed by atoms with van der Waals surface area (Å²) in [6.07, 6.45) is 5.60. The van der Waals surface area contributed by atoms with Crippen molar-refractivity contribution >= 4 is 17.6 Å². The van der Waals surface area contributed by atoms with E-state index in [9.17, 15) is 18.7 Å². The lowest BCUT2D eigenvalue weighted by atomic mass is 9.85. The maximum atomic E-state index is 12.9. The first-order chi connectivity index (χ1) is 18.4. The molecule has 1 saturated heterocycles. The van der Waals surface area contributed by atoms with Crippen LogP contribution in [0.15, 0.2) is 48.8 Å². The molecule has 9 nitrogen and oxygen atoms in total. The molecule has 1 aromatic carbocycles. The summed E-state index contributed by atoms with van der Waals surface area (Å²) in [7, 11) is 0. The van der Waals surface area contributed by atoms with Gasteiger partial charge in [0.25, 0.3) is 0 Å². The lowest BCUT2D eigenvalue weighted by molar-refractivity contribution is -0.144. The van der Waals surface area contributed by atoms with Crippen LogP contribution in [0.5, 0.6) is 5.75 Å². The van der Waals surface area contributed by atoms with E-state index < -0.39 is 12.6 Å². The van der Waals surface area contributed by atoms with E-state index in [2.05, 4.69) is 19.9 Å². The Kier molecular flexibility index (Phi) is 6.13. The van der Waals surface area contributed by atoms with Gasteiger partial charge in [-0.2, -0.15) is 13.9 Å². The number of carbonyl (C=O) groups is 1. The average Bonchev–Trinajstić information content (AvgIpc) is 3.36. The number of anilines is 1. The molecule has 1 aliphatic heterocycles. The molecule has 0 spiro atoms. The van der Waals surface area contributed by atoms with E-state index in [1.165, 1.54) is 6.07 Å². The van der Waals surface area contributed by atoms with E-state index in [-0.39, 0.29) is 23.5 Å². The van der Waals surface area contributed by atoms with Crippen molar-refractivity contribution in [1.82, 2.24) is 24.6 Å². The molecule has 4 aromatic rings. The van der Waals surface area contributed by atoms with Crippen molar-refractivity contribution in [1.29, 1.82) is 0 Å².